The molecule has 1 atom stereocenters. The molecule has 0 radical (unpaired) electrons. The van der Waals surface area contributed by atoms with Gasteiger partial charge < -0.3 is 5.73 Å². The van der Waals surface area contributed by atoms with E-state index in [-0.39, 0.29) is 11.6 Å². The third-order valence-corrected chi connectivity index (χ3v) is 2.80. The summed E-state index contributed by atoms with van der Waals surface area (Å²) in [4.78, 5) is 2.05. The van der Waals surface area contributed by atoms with Crippen LogP contribution < -0.4 is 5.73 Å². The van der Waals surface area contributed by atoms with E-state index in [2.05, 4.69) is 0 Å². The van der Waals surface area contributed by atoms with Crippen LogP contribution in [0.2, 0.25) is 0 Å². The Kier molecular flexibility index (Phi) is 4.83. The average molecular weight is 228 g/mol. The summed E-state index contributed by atoms with van der Waals surface area (Å²) >= 11 is 0. The van der Waals surface area contributed by atoms with Gasteiger partial charge in [0, 0.05) is 18.2 Å². The molecule has 1 rings (SSSR count). The van der Waals surface area contributed by atoms with Gasteiger partial charge in [0.2, 0.25) is 0 Å². The number of benzene rings is 1. The fraction of sp³-hybridized carbons (Fsp3) is 0.500. The van der Waals surface area contributed by atoms with Crippen molar-refractivity contribution in [2.75, 3.05) is 20.1 Å². The van der Waals surface area contributed by atoms with Crippen LogP contribution >= 0.6 is 0 Å². The van der Waals surface area contributed by atoms with Crippen molar-refractivity contribution >= 4 is 0 Å². The molecule has 0 fully saturated rings. The van der Waals surface area contributed by atoms with Gasteiger partial charge >= 0.3 is 0 Å². The molecule has 0 aliphatic carbocycles. The lowest BCUT2D eigenvalue weighted by Gasteiger charge is -2.26. The molecule has 0 saturated carbocycles. The molecule has 1 aromatic rings. The minimum atomic E-state index is -2.43. The number of halogens is 2. The topological polar surface area (TPSA) is 29.3 Å². The summed E-state index contributed by atoms with van der Waals surface area (Å²) in [5, 5.41) is 0. The molecule has 0 bridgehead atoms. The van der Waals surface area contributed by atoms with Gasteiger partial charge in [0.05, 0.1) is 0 Å². The smallest absolute Gasteiger partial charge is 0.263 e. The van der Waals surface area contributed by atoms with Crippen LogP contribution in [0.4, 0.5) is 8.78 Å². The number of nitrogens with zero attached hydrogens (tertiary/aromatic N) is 1. The average Bonchev–Trinajstić information content (AvgIpc) is 2.30. The van der Waals surface area contributed by atoms with Crippen molar-refractivity contribution in [2.24, 2.45) is 5.73 Å². The fourth-order valence-corrected chi connectivity index (χ4v) is 1.69. The van der Waals surface area contributed by atoms with E-state index < -0.39 is 6.43 Å². The maximum absolute atomic E-state index is 12.6. The van der Waals surface area contributed by atoms with Crippen molar-refractivity contribution in [2.45, 2.75) is 19.4 Å². The standard InChI is InChI=1S/C12H18F2N2/c1-3-16(2)11(8-15)9-5-4-6-10(7-9)12(13)14/h4-7,11-12H,3,8,15H2,1-2H3. The van der Waals surface area contributed by atoms with Crippen LogP contribution in [-0.4, -0.2) is 25.0 Å². The Bertz CT molecular complexity index is 329. The number of hydrogen-bond acceptors (Lipinski definition) is 2. The van der Waals surface area contributed by atoms with Crippen molar-refractivity contribution in [3.63, 3.8) is 0 Å². The van der Waals surface area contributed by atoms with E-state index in [0.717, 1.165) is 12.1 Å². The molecular formula is C12H18F2N2. The summed E-state index contributed by atoms with van der Waals surface area (Å²) < 4.78 is 25.1. The van der Waals surface area contributed by atoms with E-state index in [1.807, 2.05) is 24.9 Å². The summed E-state index contributed by atoms with van der Waals surface area (Å²) in [5.74, 6) is 0. The minimum absolute atomic E-state index is 0.00343. The molecule has 0 amide bonds. The van der Waals surface area contributed by atoms with Crippen LogP contribution in [0.25, 0.3) is 0 Å². The Labute approximate surface area is 95.1 Å². The van der Waals surface area contributed by atoms with Crippen molar-refractivity contribution in [1.29, 1.82) is 0 Å². The highest BCUT2D eigenvalue weighted by atomic mass is 19.3. The van der Waals surface area contributed by atoms with Crippen LogP contribution in [0.5, 0.6) is 0 Å². The van der Waals surface area contributed by atoms with Gasteiger partial charge in [-0.05, 0) is 25.2 Å². The Hall–Kier alpha value is -1.00. The number of alkyl halides is 2. The fourth-order valence-electron chi connectivity index (χ4n) is 1.69. The molecule has 1 unspecified atom stereocenters. The number of nitrogens with two attached hydrogens (primary N) is 1. The zero-order valence-electron chi connectivity index (χ0n) is 9.66. The molecule has 0 aliphatic rings. The first-order chi connectivity index (χ1) is 7.60. The van der Waals surface area contributed by atoms with E-state index in [4.69, 9.17) is 5.73 Å². The third-order valence-electron chi connectivity index (χ3n) is 2.80. The Morgan fingerprint density at radius 2 is 1.94 bits per heavy atom. The molecule has 1 aromatic carbocycles. The number of hydrogen-bond donors (Lipinski definition) is 1. The van der Waals surface area contributed by atoms with Gasteiger partial charge in [-0.1, -0.05) is 25.1 Å². The second-order valence-corrected chi connectivity index (χ2v) is 3.80. The predicted molar refractivity (Wildman–Crippen MR) is 61.5 cm³/mol. The van der Waals surface area contributed by atoms with Gasteiger partial charge in [-0.3, -0.25) is 4.90 Å². The quantitative estimate of drug-likeness (QED) is 0.839. The first kappa shape index (κ1) is 13.1. The molecule has 0 aromatic heterocycles. The second kappa shape index (κ2) is 5.92. The van der Waals surface area contributed by atoms with E-state index in [0.29, 0.717) is 6.54 Å². The van der Waals surface area contributed by atoms with E-state index in [9.17, 15) is 8.78 Å². The molecular weight excluding hydrogens is 210 g/mol. The molecule has 2 N–H and O–H groups in total. The molecule has 90 valence electrons. The Balaban J connectivity index is 2.96. The highest BCUT2D eigenvalue weighted by Gasteiger charge is 2.16. The third kappa shape index (κ3) is 3.00. The highest BCUT2D eigenvalue weighted by molar-refractivity contribution is 5.27. The summed E-state index contributed by atoms with van der Waals surface area (Å²) in [5.41, 5.74) is 6.59. The molecule has 2 nitrogen and oxygen atoms in total. The summed E-state index contributed by atoms with van der Waals surface area (Å²) in [6.07, 6.45) is -2.43. The van der Waals surface area contributed by atoms with Crippen molar-refractivity contribution in [3.8, 4) is 0 Å². The summed E-state index contributed by atoms with van der Waals surface area (Å²) in [7, 11) is 1.94. The van der Waals surface area contributed by atoms with Crippen molar-refractivity contribution in [3.05, 3.63) is 35.4 Å². The zero-order chi connectivity index (χ0) is 12.1. The maximum atomic E-state index is 12.6. The maximum Gasteiger partial charge on any atom is 0.263 e. The first-order valence-corrected chi connectivity index (χ1v) is 5.38. The molecule has 16 heavy (non-hydrogen) atoms. The predicted octanol–water partition coefficient (Wildman–Crippen LogP) is 2.58. The molecule has 0 saturated heterocycles. The van der Waals surface area contributed by atoms with Crippen molar-refractivity contribution < 1.29 is 8.78 Å². The van der Waals surface area contributed by atoms with Gasteiger partial charge in [0.25, 0.3) is 6.43 Å². The first-order valence-electron chi connectivity index (χ1n) is 5.38. The number of rotatable bonds is 5. The van der Waals surface area contributed by atoms with Gasteiger partial charge in [-0.25, -0.2) is 8.78 Å². The molecule has 0 spiro atoms. The van der Waals surface area contributed by atoms with Gasteiger partial charge in [-0.2, -0.15) is 0 Å². The van der Waals surface area contributed by atoms with Crippen LogP contribution in [-0.2, 0) is 0 Å². The van der Waals surface area contributed by atoms with Gasteiger partial charge in [-0.15, -0.1) is 0 Å². The van der Waals surface area contributed by atoms with E-state index in [1.54, 1.807) is 6.07 Å². The van der Waals surface area contributed by atoms with Crippen LogP contribution in [0, 0.1) is 0 Å². The van der Waals surface area contributed by atoms with Crippen LogP contribution in [0.1, 0.15) is 30.5 Å². The minimum Gasteiger partial charge on any atom is -0.329 e. The van der Waals surface area contributed by atoms with E-state index in [1.165, 1.54) is 12.1 Å². The molecule has 4 heteroatoms. The zero-order valence-corrected chi connectivity index (χ0v) is 9.66. The van der Waals surface area contributed by atoms with Gasteiger partial charge in [0.1, 0.15) is 0 Å². The lowest BCUT2D eigenvalue weighted by molar-refractivity contribution is 0.151. The summed E-state index contributed by atoms with van der Waals surface area (Å²) in [6, 6.07) is 6.48. The normalized spacial score (nSPS) is 13.4. The number of likely N-dealkylation sites (N-methyl/N-ethyl adjacent to an activating group) is 1. The lowest BCUT2D eigenvalue weighted by Crippen LogP contribution is -2.30. The summed E-state index contributed by atoms with van der Waals surface area (Å²) in [6.45, 7) is 3.28. The Morgan fingerprint density at radius 1 is 1.31 bits per heavy atom. The lowest BCUT2D eigenvalue weighted by atomic mass is 10.0. The SMILES string of the molecule is CCN(C)C(CN)c1cccc(C(F)F)c1. The monoisotopic (exact) mass is 228 g/mol. The largest absolute Gasteiger partial charge is 0.329 e. The Morgan fingerprint density at radius 3 is 2.44 bits per heavy atom. The van der Waals surface area contributed by atoms with E-state index >= 15 is 0 Å². The highest BCUT2D eigenvalue weighted by Crippen LogP contribution is 2.24. The van der Waals surface area contributed by atoms with Crippen molar-refractivity contribution in [1.82, 2.24) is 4.90 Å². The van der Waals surface area contributed by atoms with Gasteiger partial charge in [0.15, 0.2) is 0 Å². The molecule has 0 heterocycles. The van der Waals surface area contributed by atoms with Crippen LogP contribution in [0.3, 0.4) is 0 Å². The van der Waals surface area contributed by atoms with Crippen LogP contribution in [0.15, 0.2) is 24.3 Å². The molecule has 0 aliphatic heterocycles. The second-order valence-electron chi connectivity index (χ2n) is 3.80.